The van der Waals surface area contributed by atoms with Crippen LogP contribution in [0.1, 0.15) is 10.4 Å². The van der Waals surface area contributed by atoms with Gasteiger partial charge >= 0.3 is 0 Å². The van der Waals surface area contributed by atoms with Gasteiger partial charge in [-0.2, -0.15) is 5.10 Å². The fourth-order valence-electron chi connectivity index (χ4n) is 1.64. The van der Waals surface area contributed by atoms with Crippen molar-refractivity contribution < 1.29 is 22.0 Å². The van der Waals surface area contributed by atoms with Crippen LogP contribution in [0.15, 0.2) is 30.5 Å². The Morgan fingerprint density at radius 2 is 2.00 bits per heavy atom. The second kappa shape index (κ2) is 6.22. The van der Waals surface area contributed by atoms with E-state index in [2.05, 4.69) is 10.4 Å². The average Bonchev–Trinajstić information content (AvgIpc) is 2.86. The van der Waals surface area contributed by atoms with Gasteiger partial charge in [0.05, 0.1) is 12.3 Å². The Balaban J connectivity index is 2.03. The number of sulfone groups is 1. The molecule has 118 valence electrons. The number of nitrogens with one attached hydrogen (secondary N) is 1. The molecular weight excluding hydrogens is 316 g/mol. The number of rotatable bonds is 5. The maximum absolute atomic E-state index is 13.1. The fraction of sp³-hybridized carbons (Fsp3) is 0.231. The van der Waals surface area contributed by atoms with Crippen LogP contribution in [0, 0.1) is 11.6 Å². The average molecular weight is 329 g/mol. The molecule has 6 nitrogen and oxygen atoms in total. The van der Waals surface area contributed by atoms with Gasteiger partial charge in [0.2, 0.25) is 0 Å². The summed E-state index contributed by atoms with van der Waals surface area (Å²) < 4.78 is 49.3. The van der Waals surface area contributed by atoms with E-state index in [9.17, 15) is 22.0 Å². The first-order chi connectivity index (χ1) is 10.2. The zero-order valence-corrected chi connectivity index (χ0v) is 12.4. The predicted molar refractivity (Wildman–Crippen MR) is 76.2 cm³/mol. The molecule has 0 unspecified atom stereocenters. The van der Waals surface area contributed by atoms with Crippen molar-refractivity contribution in [1.82, 2.24) is 9.78 Å². The molecule has 1 aromatic carbocycles. The molecule has 0 radical (unpaired) electrons. The van der Waals surface area contributed by atoms with E-state index in [1.54, 1.807) is 0 Å². The Morgan fingerprint density at radius 1 is 1.27 bits per heavy atom. The van der Waals surface area contributed by atoms with Crippen molar-refractivity contribution in [3.63, 3.8) is 0 Å². The molecule has 1 aromatic heterocycles. The Morgan fingerprint density at radius 3 is 2.64 bits per heavy atom. The summed E-state index contributed by atoms with van der Waals surface area (Å²) in [6.07, 6.45) is 2.62. The lowest BCUT2D eigenvalue weighted by molar-refractivity contribution is 0.102. The number of hydrogen-bond acceptors (Lipinski definition) is 4. The molecule has 0 aliphatic heterocycles. The predicted octanol–water partition coefficient (Wildman–Crippen LogP) is 1.46. The van der Waals surface area contributed by atoms with E-state index < -0.39 is 27.4 Å². The summed E-state index contributed by atoms with van der Waals surface area (Å²) in [5, 5.41) is 6.38. The quantitative estimate of drug-likeness (QED) is 0.900. The zero-order valence-electron chi connectivity index (χ0n) is 11.6. The number of anilines is 1. The monoisotopic (exact) mass is 329 g/mol. The first-order valence-electron chi connectivity index (χ1n) is 6.22. The SMILES string of the molecule is CS(=O)(=O)CCn1ccc(NC(=O)c2ccc(F)c(F)c2)n1. The minimum absolute atomic E-state index is 0.0513. The number of hydrogen-bond donors (Lipinski definition) is 1. The Bertz CT molecular complexity index is 803. The molecule has 0 atom stereocenters. The smallest absolute Gasteiger partial charge is 0.256 e. The van der Waals surface area contributed by atoms with E-state index in [4.69, 9.17) is 0 Å². The van der Waals surface area contributed by atoms with Gasteiger partial charge in [-0.1, -0.05) is 0 Å². The fourth-order valence-corrected chi connectivity index (χ4v) is 2.16. The van der Waals surface area contributed by atoms with Crippen molar-refractivity contribution >= 4 is 21.6 Å². The van der Waals surface area contributed by atoms with Crippen molar-refractivity contribution in [2.24, 2.45) is 0 Å². The van der Waals surface area contributed by atoms with Crippen LogP contribution < -0.4 is 5.32 Å². The van der Waals surface area contributed by atoms with Gasteiger partial charge in [-0.05, 0) is 18.2 Å². The maximum atomic E-state index is 13.1. The molecule has 0 aliphatic carbocycles. The van der Waals surface area contributed by atoms with Crippen molar-refractivity contribution in [2.75, 3.05) is 17.3 Å². The first-order valence-corrected chi connectivity index (χ1v) is 8.28. The minimum Gasteiger partial charge on any atom is -0.305 e. The van der Waals surface area contributed by atoms with Crippen LogP contribution in [0.2, 0.25) is 0 Å². The van der Waals surface area contributed by atoms with Gasteiger partial charge in [0.25, 0.3) is 5.91 Å². The molecule has 0 fully saturated rings. The molecule has 0 spiro atoms. The lowest BCUT2D eigenvalue weighted by atomic mass is 10.2. The van der Waals surface area contributed by atoms with Crippen molar-refractivity contribution in [1.29, 1.82) is 0 Å². The maximum Gasteiger partial charge on any atom is 0.256 e. The van der Waals surface area contributed by atoms with Crippen molar-refractivity contribution in [2.45, 2.75) is 6.54 Å². The van der Waals surface area contributed by atoms with Crippen molar-refractivity contribution in [3.8, 4) is 0 Å². The topological polar surface area (TPSA) is 81.1 Å². The molecule has 0 saturated heterocycles. The highest BCUT2D eigenvalue weighted by Crippen LogP contribution is 2.11. The number of halogens is 2. The highest BCUT2D eigenvalue weighted by Gasteiger charge is 2.11. The molecule has 0 bridgehead atoms. The van der Waals surface area contributed by atoms with Crippen LogP contribution in [0.3, 0.4) is 0 Å². The van der Waals surface area contributed by atoms with Crippen LogP contribution in [0.4, 0.5) is 14.6 Å². The van der Waals surface area contributed by atoms with Crippen LogP contribution >= 0.6 is 0 Å². The van der Waals surface area contributed by atoms with Gasteiger partial charge in [-0.3, -0.25) is 9.48 Å². The second-order valence-electron chi connectivity index (χ2n) is 4.68. The third kappa shape index (κ3) is 4.35. The number of nitrogens with zero attached hydrogens (tertiary/aromatic N) is 2. The largest absolute Gasteiger partial charge is 0.305 e. The Labute approximate surface area is 125 Å². The molecule has 2 rings (SSSR count). The Kier molecular flexibility index (Phi) is 4.55. The first kappa shape index (κ1) is 16.1. The number of aryl methyl sites for hydroxylation is 1. The van der Waals surface area contributed by atoms with E-state index in [0.717, 1.165) is 24.5 Å². The highest BCUT2D eigenvalue weighted by atomic mass is 32.2. The molecule has 1 amide bonds. The van der Waals surface area contributed by atoms with E-state index >= 15 is 0 Å². The number of benzene rings is 1. The summed E-state index contributed by atoms with van der Waals surface area (Å²) in [5.74, 6) is -2.70. The third-order valence-corrected chi connectivity index (χ3v) is 3.68. The van der Waals surface area contributed by atoms with Gasteiger partial charge in [0, 0.05) is 24.1 Å². The second-order valence-corrected chi connectivity index (χ2v) is 6.94. The molecule has 1 heterocycles. The molecule has 0 saturated carbocycles. The lowest BCUT2D eigenvalue weighted by Gasteiger charge is -2.03. The summed E-state index contributed by atoms with van der Waals surface area (Å²) in [6.45, 7) is 0.153. The molecule has 2 aromatic rings. The number of carbonyl (C=O) groups is 1. The zero-order chi connectivity index (χ0) is 16.3. The lowest BCUT2D eigenvalue weighted by Crippen LogP contribution is -2.14. The molecule has 1 N–H and O–H groups in total. The number of aromatic nitrogens is 2. The van der Waals surface area contributed by atoms with Crippen LogP contribution in [0.5, 0.6) is 0 Å². The summed E-state index contributed by atoms with van der Waals surface area (Å²) in [7, 11) is -3.11. The van der Waals surface area contributed by atoms with E-state index in [1.807, 2.05) is 0 Å². The highest BCUT2D eigenvalue weighted by molar-refractivity contribution is 7.90. The standard InChI is InChI=1S/C13H13F2N3O3S/c1-22(20,21)7-6-18-5-4-12(17-18)16-13(19)9-2-3-10(14)11(15)8-9/h2-5,8H,6-7H2,1H3,(H,16,17,19). The van der Waals surface area contributed by atoms with Gasteiger partial charge in [-0.15, -0.1) is 0 Å². The summed E-state index contributed by atoms with van der Waals surface area (Å²) in [4.78, 5) is 11.9. The normalized spacial score (nSPS) is 11.4. The van der Waals surface area contributed by atoms with E-state index in [-0.39, 0.29) is 23.7 Å². The van der Waals surface area contributed by atoms with Gasteiger partial charge in [-0.25, -0.2) is 17.2 Å². The summed E-state index contributed by atoms with van der Waals surface area (Å²) in [5.41, 5.74) is -0.0513. The molecular formula is C13H13F2N3O3S. The Hall–Kier alpha value is -2.29. The molecule has 0 aliphatic rings. The van der Waals surface area contributed by atoms with Crippen LogP contribution in [0.25, 0.3) is 0 Å². The minimum atomic E-state index is -3.11. The van der Waals surface area contributed by atoms with E-state index in [0.29, 0.717) is 0 Å². The van der Waals surface area contributed by atoms with Gasteiger partial charge in [0.1, 0.15) is 9.84 Å². The van der Waals surface area contributed by atoms with Crippen LogP contribution in [-0.4, -0.2) is 36.1 Å². The van der Waals surface area contributed by atoms with E-state index in [1.165, 1.54) is 16.9 Å². The van der Waals surface area contributed by atoms with Crippen molar-refractivity contribution in [3.05, 3.63) is 47.7 Å². The molecule has 9 heteroatoms. The number of carbonyl (C=O) groups excluding carboxylic acids is 1. The van der Waals surface area contributed by atoms with Crippen LogP contribution in [-0.2, 0) is 16.4 Å². The summed E-state index contributed by atoms with van der Waals surface area (Å²) >= 11 is 0. The molecule has 22 heavy (non-hydrogen) atoms. The summed E-state index contributed by atoms with van der Waals surface area (Å²) in [6, 6.07) is 4.26. The van der Waals surface area contributed by atoms with Gasteiger partial charge in [0.15, 0.2) is 17.5 Å². The third-order valence-electron chi connectivity index (χ3n) is 2.76. The van der Waals surface area contributed by atoms with Gasteiger partial charge < -0.3 is 5.32 Å². The number of amides is 1.